The van der Waals surface area contributed by atoms with Crippen LogP contribution in [0, 0.1) is 18.2 Å². The van der Waals surface area contributed by atoms with Crippen molar-refractivity contribution in [2.45, 2.75) is 6.61 Å². The molecule has 3 rings (SSSR count). The summed E-state index contributed by atoms with van der Waals surface area (Å²) in [7, 11) is 0. The first-order valence-corrected chi connectivity index (χ1v) is 7.15. The van der Waals surface area contributed by atoms with E-state index in [-0.39, 0.29) is 5.56 Å². The van der Waals surface area contributed by atoms with Gasteiger partial charge in [-0.3, -0.25) is 0 Å². The molecule has 3 aromatic rings. The normalized spacial score (nSPS) is 10.1. The van der Waals surface area contributed by atoms with Crippen molar-refractivity contribution in [1.82, 2.24) is 4.98 Å². The van der Waals surface area contributed by atoms with Gasteiger partial charge in [-0.05, 0) is 29.3 Å². The zero-order valence-electron chi connectivity index (χ0n) is 12.4. The van der Waals surface area contributed by atoms with Gasteiger partial charge in [0, 0.05) is 17.8 Å². The molecule has 0 fully saturated rings. The Morgan fingerprint density at radius 2 is 1.78 bits per heavy atom. The summed E-state index contributed by atoms with van der Waals surface area (Å²) in [5.41, 5.74) is 2.86. The van der Waals surface area contributed by atoms with Crippen LogP contribution in [0.2, 0.25) is 0 Å². The standard InChI is InChI=1S/C20H14FNO/c1-2-16-8-9-17(12-19(16)21)18-10-11-20(22-13-18)23-14-15-6-4-3-5-7-15/h1,3-13H,14H2. The van der Waals surface area contributed by atoms with E-state index in [0.717, 1.165) is 16.7 Å². The molecule has 0 saturated heterocycles. The summed E-state index contributed by atoms with van der Waals surface area (Å²) in [6.07, 6.45) is 6.88. The summed E-state index contributed by atoms with van der Waals surface area (Å²) < 4.78 is 19.4. The number of ether oxygens (including phenoxy) is 1. The molecular weight excluding hydrogens is 289 g/mol. The van der Waals surface area contributed by atoms with Gasteiger partial charge in [-0.25, -0.2) is 9.37 Å². The molecule has 0 unspecified atom stereocenters. The lowest BCUT2D eigenvalue weighted by atomic mass is 10.1. The fourth-order valence-electron chi connectivity index (χ4n) is 2.18. The first kappa shape index (κ1) is 14.8. The fraction of sp³-hybridized carbons (Fsp3) is 0.0500. The number of nitrogens with zero attached hydrogens (tertiary/aromatic N) is 1. The minimum Gasteiger partial charge on any atom is -0.473 e. The lowest BCUT2D eigenvalue weighted by Crippen LogP contribution is -1.96. The van der Waals surface area contributed by atoms with Crippen LogP contribution in [0.1, 0.15) is 11.1 Å². The summed E-state index contributed by atoms with van der Waals surface area (Å²) >= 11 is 0. The number of hydrogen-bond acceptors (Lipinski definition) is 2. The number of halogens is 1. The summed E-state index contributed by atoms with van der Waals surface area (Å²) in [6.45, 7) is 0.457. The van der Waals surface area contributed by atoms with Crippen LogP contribution in [0.5, 0.6) is 5.88 Å². The highest BCUT2D eigenvalue weighted by Crippen LogP contribution is 2.22. The highest BCUT2D eigenvalue weighted by molar-refractivity contribution is 5.64. The largest absolute Gasteiger partial charge is 0.473 e. The predicted octanol–water partition coefficient (Wildman–Crippen LogP) is 4.45. The zero-order chi connectivity index (χ0) is 16.1. The summed E-state index contributed by atoms with van der Waals surface area (Å²) in [5.74, 6) is 2.42. The molecule has 1 aromatic heterocycles. The lowest BCUT2D eigenvalue weighted by molar-refractivity contribution is 0.294. The second-order valence-electron chi connectivity index (χ2n) is 5.00. The molecule has 3 heteroatoms. The third-order valence-corrected chi connectivity index (χ3v) is 3.42. The van der Waals surface area contributed by atoms with Crippen LogP contribution in [0.4, 0.5) is 4.39 Å². The molecule has 1 heterocycles. The summed E-state index contributed by atoms with van der Waals surface area (Å²) in [6, 6.07) is 18.3. The van der Waals surface area contributed by atoms with E-state index < -0.39 is 5.82 Å². The molecule has 0 atom stereocenters. The number of aromatic nitrogens is 1. The molecule has 0 aliphatic carbocycles. The van der Waals surface area contributed by atoms with Crippen LogP contribution in [0.15, 0.2) is 66.9 Å². The number of hydrogen-bond donors (Lipinski definition) is 0. The average Bonchev–Trinajstić information content (AvgIpc) is 2.61. The second kappa shape index (κ2) is 6.76. The molecular formula is C20H14FNO. The van der Waals surface area contributed by atoms with Crippen LogP contribution >= 0.6 is 0 Å². The molecule has 0 aliphatic heterocycles. The van der Waals surface area contributed by atoms with Gasteiger partial charge in [0.2, 0.25) is 5.88 Å². The van der Waals surface area contributed by atoms with Crippen LogP contribution in [0.25, 0.3) is 11.1 Å². The lowest BCUT2D eigenvalue weighted by Gasteiger charge is -2.07. The van der Waals surface area contributed by atoms with E-state index in [2.05, 4.69) is 10.9 Å². The van der Waals surface area contributed by atoms with E-state index in [1.54, 1.807) is 24.4 Å². The van der Waals surface area contributed by atoms with Crippen molar-refractivity contribution in [2.75, 3.05) is 0 Å². The minimum atomic E-state index is -0.408. The Hall–Kier alpha value is -3.12. The maximum atomic E-state index is 13.7. The summed E-state index contributed by atoms with van der Waals surface area (Å²) in [4.78, 5) is 4.26. The Bertz CT molecular complexity index is 836. The van der Waals surface area contributed by atoms with Crippen molar-refractivity contribution >= 4 is 0 Å². The number of pyridine rings is 1. The van der Waals surface area contributed by atoms with Gasteiger partial charge < -0.3 is 4.74 Å². The van der Waals surface area contributed by atoms with E-state index >= 15 is 0 Å². The SMILES string of the molecule is C#Cc1ccc(-c2ccc(OCc3ccccc3)nc2)cc1F. The van der Waals surface area contributed by atoms with Crippen molar-refractivity contribution in [1.29, 1.82) is 0 Å². The van der Waals surface area contributed by atoms with Crippen LogP contribution in [-0.2, 0) is 6.61 Å². The zero-order valence-corrected chi connectivity index (χ0v) is 12.4. The molecule has 23 heavy (non-hydrogen) atoms. The molecule has 2 nitrogen and oxygen atoms in total. The van der Waals surface area contributed by atoms with E-state index in [4.69, 9.17) is 11.2 Å². The molecule has 0 amide bonds. The Balaban J connectivity index is 1.72. The third-order valence-electron chi connectivity index (χ3n) is 3.42. The van der Waals surface area contributed by atoms with Gasteiger partial charge >= 0.3 is 0 Å². The van der Waals surface area contributed by atoms with Gasteiger partial charge in [0.25, 0.3) is 0 Å². The maximum absolute atomic E-state index is 13.7. The van der Waals surface area contributed by atoms with Gasteiger partial charge in [0.05, 0.1) is 5.56 Å². The van der Waals surface area contributed by atoms with Gasteiger partial charge in [-0.1, -0.05) is 42.3 Å². The van der Waals surface area contributed by atoms with E-state index in [1.165, 1.54) is 6.07 Å². The quantitative estimate of drug-likeness (QED) is 0.664. The molecule has 0 saturated carbocycles. The Labute approximate surface area is 134 Å². The van der Waals surface area contributed by atoms with Crippen molar-refractivity contribution in [3.8, 4) is 29.4 Å². The number of terminal acetylenes is 1. The molecule has 2 aromatic carbocycles. The monoisotopic (exact) mass is 303 g/mol. The molecule has 0 N–H and O–H groups in total. The first-order valence-electron chi connectivity index (χ1n) is 7.15. The molecule has 0 aliphatic rings. The smallest absolute Gasteiger partial charge is 0.213 e. The van der Waals surface area contributed by atoms with Crippen molar-refractivity contribution in [3.63, 3.8) is 0 Å². The van der Waals surface area contributed by atoms with Crippen molar-refractivity contribution in [3.05, 3.63) is 83.8 Å². The van der Waals surface area contributed by atoms with E-state index in [0.29, 0.717) is 12.5 Å². The van der Waals surface area contributed by atoms with E-state index in [1.807, 2.05) is 36.4 Å². The predicted molar refractivity (Wildman–Crippen MR) is 88.3 cm³/mol. The second-order valence-corrected chi connectivity index (χ2v) is 5.00. The molecule has 0 spiro atoms. The van der Waals surface area contributed by atoms with Gasteiger partial charge in [-0.15, -0.1) is 6.42 Å². The van der Waals surface area contributed by atoms with E-state index in [9.17, 15) is 4.39 Å². The average molecular weight is 303 g/mol. The Kier molecular flexibility index (Phi) is 4.35. The number of benzene rings is 2. The van der Waals surface area contributed by atoms with Crippen LogP contribution in [0.3, 0.4) is 0 Å². The van der Waals surface area contributed by atoms with Crippen LogP contribution in [-0.4, -0.2) is 4.98 Å². The highest BCUT2D eigenvalue weighted by atomic mass is 19.1. The molecule has 0 bridgehead atoms. The number of rotatable bonds is 4. The van der Waals surface area contributed by atoms with Crippen molar-refractivity contribution in [2.24, 2.45) is 0 Å². The van der Waals surface area contributed by atoms with Crippen molar-refractivity contribution < 1.29 is 9.13 Å². The fourth-order valence-corrected chi connectivity index (χ4v) is 2.18. The minimum absolute atomic E-state index is 0.254. The Morgan fingerprint density at radius 3 is 2.43 bits per heavy atom. The van der Waals surface area contributed by atoms with Gasteiger partial charge in [0.1, 0.15) is 12.4 Å². The molecule has 112 valence electrons. The topological polar surface area (TPSA) is 22.1 Å². The third kappa shape index (κ3) is 3.56. The maximum Gasteiger partial charge on any atom is 0.213 e. The summed E-state index contributed by atoms with van der Waals surface area (Å²) in [5, 5.41) is 0. The Morgan fingerprint density at radius 1 is 1.00 bits per heavy atom. The molecule has 0 radical (unpaired) electrons. The highest BCUT2D eigenvalue weighted by Gasteiger charge is 2.05. The van der Waals surface area contributed by atoms with Crippen LogP contribution < -0.4 is 4.74 Å². The van der Waals surface area contributed by atoms with Gasteiger partial charge in [-0.2, -0.15) is 0 Å². The van der Waals surface area contributed by atoms with Gasteiger partial charge in [0.15, 0.2) is 0 Å². The first-order chi connectivity index (χ1) is 11.3.